The number of para-hydroxylation sites is 1. The molecule has 101 heavy (non-hydrogen) atoms. The van der Waals surface area contributed by atoms with E-state index < -0.39 is 17.8 Å². The van der Waals surface area contributed by atoms with Crippen LogP contribution in [0.2, 0.25) is 0 Å². The van der Waals surface area contributed by atoms with Crippen molar-refractivity contribution in [3.05, 3.63) is 215 Å². The van der Waals surface area contributed by atoms with Gasteiger partial charge in [-0.25, -0.2) is 19.4 Å². The van der Waals surface area contributed by atoms with Crippen molar-refractivity contribution in [3.8, 4) is 11.5 Å². The number of aromatic nitrogens is 1. The van der Waals surface area contributed by atoms with E-state index in [4.69, 9.17) is 4.74 Å². The molecule has 0 spiro atoms. The van der Waals surface area contributed by atoms with Gasteiger partial charge in [-0.05, 0) is 167 Å². The average molecular weight is 1400 g/mol. The number of ether oxygens (including phenoxy) is 1. The number of carbonyl (C=O) groups excluding carboxylic acids is 3. The number of amides is 6. The molecule has 3 fully saturated rings. The third kappa shape index (κ3) is 23.1. The smallest absolute Gasteiger partial charge is 0.420 e. The van der Waals surface area contributed by atoms with Gasteiger partial charge in [-0.1, -0.05) is 175 Å². The first-order valence-corrected chi connectivity index (χ1v) is 37.7. The summed E-state index contributed by atoms with van der Waals surface area (Å²) in [6, 6.07) is 58.2. The number of piperidine rings is 3. The molecule has 18 heteroatoms. The Hall–Kier alpha value is -8.29. The first-order chi connectivity index (χ1) is 48.8. The van der Waals surface area contributed by atoms with Crippen LogP contribution in [0, 0.1) is 0 Å². The van der Waals surface area contributed by atoms with Gasteiger partial charge < -0.3 is 50.1 Å². The van der Waals surface area contributed by atoms with Gasteiger partial charge in [-0.2, -0.15) is 13.2 Å². The highest BCUT2D eigenvalue weighted by molar-refractivity contribution is 7.16. The molecular weight excluding hydrogens is 1290 g/mol. The summed E-state index contributed by atoms with van der Waals surface area (Å²) < 4.78 is 48.5. The molecule has 0 bridgehead atoms. The van der Waals surface area contributed by atoms with Crippen LogP contribution in [-0.2, 0) is 25.8 Å². The molecule has 1 aromatic heterocycles. The Morgan fingerprint density at radius 3 is 1.22 bits per heavy atom. The number of hydrogen-bond acceptors (Lipinski definition) is 9. The fraction of sp³-hybridized carbons (Fsp3) is 0.446. The summed E-state index contributed by atoms with van der Waals surface area (Å²) in [6.45, 7) is 25.6. The quantitative estimate of drug-likeness (QED) is 0.0546. The fourth-order valence-electron chi connectivity index (χ4n) is 14.2. The number of rotatable bonds is 24. The van der Waals surface area contributed by atoms with Gasteiger partial charge in [-0.15, -0.1) is 11.3 Å². The van der Waals surface area contributed by atoms with Crippen molar-refractivity contribution < 1.29 is 32.3 Å². The standard InChI is InChI=1S/C31H36F3N3O2.C27H39N3O.C25H32N4OS/c1-3-10-23(2)36-19-17-26(18-20-36)37(22-24-11-6-4-7-12-24)30(38)35-25-15-16-29(28(21-25)31(32,33)34)39-27-13-8-5-9-14-27;1-5-9-22(4)29-18-16-26(17-19-29)30(20-23-10-7-6-8-11-23)27(31)28-25-14-12-24(13-15-25)21(2)3;1-3-7-19(2)28-14-12-22(13-15-28)29(17-20-8-5-4-6-9-20)25(30)27-21-10-11-23-24(16-21)31-18-26-23/h4-9,11-16,21,23,26H,3,10,17-20,22H2,1-2H3,(H,35,38);6-8,10-15,21-22,26H,5,9,16-20H2,1-4H3,(H,28,31);4-6,8-11,16,18-19,22H,3,7,12-15,17H2,1-2H3,(H,27,30). The molecule has 3 N–H and O–H groups in total. The summed E-state index contributed by atoms with van der Waals surface area (Å²) in [6.07, 6.45) is 8.22. The lowest BCUT2D eigenvalue weighted by Crippen LogP contribution is -2.50. The number of carbonyl (C=O) groups is 3. The molecule has 4 heterocycles. The van der Waals surface area contributed by atoms with Crippen molar-refractivity contribution in [3.63, 3.8) is 0 Å². The Balaban J connectivity index is 0.000000178. The number of fused-ring (bicyclic) bond motifs is 1. The minimum absolute atomic E-state index is 0.00112. The van der Waals surface area contributed by atoms with Crippen LogP contribution in [0.15, 0.2) is 188 Å². The van der Waals surface area contributed by atoms with Gasteiger partial charge in [0.15, 0.2) is 0 Å². The molecule has 0 saturated carbocycles. The third-order valence-corrected chi connectivity index (χ3v) is 20.9. The maximum absolute atomic E-state index is 14.0. The molecule has 6 amide bonds. The molecular formula is C83H107F3N10O4S. The van der Waals surface area contributed by atoms with E-state index in [2.05, 4.69) is 127 Å². The maximum Gasteiger partial charge on any atom is 0.420 e. The predicted molar refractivity (Wildman–Crippen MR) is 408 cm³/mol. The van der Waals surface area contributed by atoms with E-state index in [1.54, 1.807) is 46.6 Å². The van der Waals surface area contributed by atoms with Crippen LogP contribution in [0.3, 0.4) is 0 Å². The molecule has 11 rings (SSSR count). The molecule has 0 radical (unpaired) electrons. The number of nitrogens with one attached hydrogen (secondary N) is 3. The number of thiazole rings is 1. The van der Waals surface area contributed by atoms with E-state index in [0.717, 1.165) is 129 Å². The van der Waals surface area contributed by atoms with Gasteiger partial charge in [0, 0.05) is 112 Å². The highest BCUT2D eigenvalue weighted by atomic mass is 32.1. The molecule has 14 nitrogen and oxygen atoms in total. The van der Waals surface area contributed by atoms with Crippen molar-refractivity contribution >= 4 is 56.7 Å². The topological polar surface area (TPSA) is 129 Å². The van der Waals surface area contributed by atoms with Gasteiger partial charge >= 0.3 is 24.3 Å². The number of hydrogen-bond donors (Lipinski definition) is 3. The molecule has 8 aromatic rings. The molecule has 7 aromatic carbocycles. The van der Waals surface area contributed by atoms with E-state index in [1.165, 1.54) is 48.9 Å². The number of halogens is 3. The van der Waals surface area contributed by atoms with E-state index in [9.17, 15) is 27.6 Å². The number of anilines is 3. The zero-order chi connectivity index (χ0) is 71.7. The van der Waals surface area contributed by atoms with Crippen LogP contribution >= 0.6 is 11.3 Å². The number of nitrogens with zero attached hydrogens (tertiary/aromatic N) is 7. The molecule has 3 aliphatic heterocycles. The van der Waals surface area contributed by atoms with Gasteiger partial charge in [-0.3, -0.25) is 0 Å². The lowest BCUT2D eigenvalue weighted by atomic mass is 10.00. The number of benzene rings is 7. The van der Waals surface area contributed by atoms with Crippen molar-refractivity contribution in [1.82, 2.24) is 34.4 Å². The first-order valence-electron chi connectivity index (χ1n) is 36.8. The van der Waals surface area contributed by atoms with E-state index in [1.807, 2.05) is 112 Å². The fourth-order valence-corrected chi connectivity index (χ4v) is 14.9. The van der Waals surface area contributed by atoms with Crippen molar-refractivity contribution in [1.29, 1.82) is 0 Å². The SMILES string of the molecule is CCCC(C)N1CCC(N(Cc2ccccc2)C(=O)Nc2ccc(C(C)C)cc2)CC1.CCCC(C)N1CCC(N(Cc2ccccc2)C(=O)Nc2ccc(Oc3ccccc3)c(C(F)(F)F)c2)CC1.CCCC(C)N1CCC(N(Cc2ccccc2)C(=O)Nc2ccc3ncsc3c2)CC1. The Labute approximate surface area is 602 Å². The van der Waals surface area contributed by atoms with Crippen molar-refractivity contribution in [2.24, 2.45) is 0 Å². The Morgan fingerprint density at radius 2 is 0.842 bits per heavy atom. The van der Waals surface area contributed by atoms with Gasteiger partial charge in [0.2, 0.25) is 0 Å². The minimum atomic E-state index is -4.66. The summed E-state index contributed by atoms with van der Waals surface area (Å²) in [7, 11) is 0. The first kappa shape index (κ1) is 76.9. The second-order valence-electron chi connectivity index (χ2n) is 27.8. The van der Waals surface area contributed by atoms with Crippen molar-refractivity contribution in [2.75, 3.05) is 55.2 Å². The average Bonchev–Trinajstić information content (AvgIpc) is 1.30. The number of urea groups is 3. The Morgan fingerprint density at radius 1 is 0.485 bits per heavy atom. The number of alkyl halides is 3. The number of likely N-dealkylation sites (tertiary alicyclic amines) is 3. The second kappa shape index (κ2) is 38.7. The molecule has 0 aliphatic carbocycles. The lowest BCUT2D eigenvalue weighted by Gasteiger charge is -2.40. The summed E-state index contributed by atoms with van der Waals surface area (Å²) in [4.78, 5) is 58.1. The van der Waals surface area contributed by atoms with E-state index in [-0.39, 0.29) is 41.6 Å². The van der Waals surface area contributed by atoms with Gasteiger partial charge in [0.25, 0.3) is 0 Å². The summed E-state index contributed by atoms with van der Waals surface area (Å²) in [5.74, 6) is 0.467. The van der Waals surface area contributed by atoms with Crippen molar-refractivity contribution in [2.45, 2.75) is 200 Å². The van der Waals surface area contributed by atoms with Crippen LogP contribution in [-0.4, -0.2) is 128 Å². The van der Waals surface area contributed by atoms with Crippen LogP contribution in [0.5, 0.6) is 11.5 Å². The summed E-state index contributed by atoms with van der Waals surface area (Å²) in [5.41, 5.74) is 8.21. The predicted octanol–water partition coefficient (Wildman–Crippen LogP) is 20.7. The largest absolute Gasteiger partial charge is 0.457 e. The third-order valence-electron chi connectivity index (χ3n) is 20.1. The highest BCUT2D eigenvalue weighted by Crippen LogP contribution is 2.40. The van der Waals surface area contributed by atoms with Gasteiger partial charge in [0.05, 0.1) is 15.7 Å². The maximum atomic E-state index is 14.0. The van der Waals surface area contributed by atoms with Crippen LogP contribution in [0.25, 0.3) is 10.2 Å². The molecule has 3 unspecified atom stereocenters. The zero-order valence-electron chi connectivity index (χ0n) is 60.6. The zero-order valence-corrected chi connectivity index (χ0v) is 61.4. The monoisotopic (exact) mass is 1400 g/mol. The summed E-state index contributed by atoms with van der Waals surface area (Å²) >= 11 is 1.59. The lowest BCUT2D eigenvalue weighted by molar-refractivity contribution is -0.138. The minimum Gasteiger partial charge on any atom is -0.457 e. The normalized spacial score (nSPS) is 16.0. The second-order valence-corrected chi connectivity index (χ2v) is 28.7. The molecule has 3 saturated heterocycles. The Kier molecular flexibility index (Phi) is 29.4. The molecule has 3 atom stereocenters. The van der Waals surface area contributed by atoms with Crippen LogP contribution in [0.1, 0.15) is 166 Å². The Bertz CT molecular complexity index is 3750. The molecule has 540 valence electrons. The van der Waals surface area contributed by atoms with Crippen LogP contribution < -0.4 is 20.7 Å². The van der Waals surface area contributed by atoms with Crippen LogP contribution in [0.4, 0.5) is 44.6 Å². The molecule has 3 aliphatic rings. The summed E-state index contributed by atoms with van der Waals surface area (Å²) in [5, 5.41) is 9.04. The highest BCUT2D eigenvalue weighted by Gasteiger charge is 2.37. The van der Waals surface area contributed by atoms with Gasteiger partial charge in [0.1, 0.15) is 17.1 Å². The van der Waals surface area contributed by atoms with E-state index in [0.29, 0.717) is 49.4 Å². The van der Waals surface area contributed by atoms with E-state index >= 15 is 0 Å².